The molecule has 0 saturated carbocycles. The minimum Gasteiger partial charge on any atom is -0.360 e. The van der Waals surface area contributed by atoms with E-state index in [0.717, 1.165) is 23.4 Å². The predicted octanol–water partition coefficient (Wildman–Crippen LogP) is 6.02. The Hall–Kier alpha value is -2.07. The first-order valence-corrected chi connectivity index (χ1v) is 10.1. The molecule has 26 heavy (non-hydrogen) atoms. The molecule has 3 heterocycles. The summed E-state index contributed by atoms with van der Waals surface area (Å²) in [6.45, 7) is 0. The van der Waals surface area contributed by atoms with Gasteiger partial charge in [0.05, 0.1) is 0 Å². The third kappa shape index (κ3) is 2.86. The van der Waals surface area contributed by atoms with Crippen molar-refractivity contribution in [1.82, 2.24) is 5.16 Å². The van der Waals surface area contributed by atoms with E-state index < -0.39 is 0 Å². The molecule has 4 heteroatoms. The first-order valence-electron chi connectivity index (χ1n) is 9.21. The molecule has 1 aromatic heterocycles. The van der Waals surface area contributed by atoms with E-state index in [1.54, 1.807) is 12.1 Å². The standard InChI is InChI=1S/C22H20FNOS/c23-16-8-6-14(7-9-16)18-12-17-10-11-21(26-17)22(18)20-13-19(24-25-20)15-4-2-1-3-5-15/h1-9,13,17-18,21-22H,10-12H2/t17?,18-,21?,22?/m1/s1. The Labute approximate surface area is 156 Å². The van der Waals surface area contributed by atoms with Crippen LogP contribution in [0.5, 0.6) is 0 Å². The monoisotopic (exact) mass is 365 g/mol. The average Bonchev–Trinajstić information content (AvgIpc) is 3.31. The molecule has 0 spiro atoms. The Morgan fingerprint density at radius 3 is 2.62 bits per heavy atom. The van der Waals surface area contributed by atoms with Crippen LogP contribution in [0.3, 0.4) is 0 Å². The maximum absolute atomic E-state index is 13.4. The number of nitrogens with zero attached hydrogens (tertiary/aromatic N) is 1. The number of rotatable bonds is 3. The smallest absolute Gasteiger partial charge is 0.142 e. The summed E-state index contributed by atoms with van der Waals surface area (Å²) in [6, 6.07) is 19.3. The molecule has 132 valence electrons. The molecule has 3 unspecified atom stereocenters. The molecule has 3 aromatic rings. The van der Waals surface area contributed by atoms with Crippen LogP contribution in [0.25, 0.3) is 11.3 Å². The van der Waals surface area contributed by atoms with Gasteiger partial charge in [-0.15, -0.1) is 0 Å². The highest BCUT2D eigenvalue weighted by Gasteiger charge is 2.45. The van der Waals surface area contributed by atoms with Gasteiger partial charge in [-0.3, -0.25) is 0 Å². The highest BCUT2D eigenvalue weighted by atomic mass is 32.2. The van der Waals surface area contributed by atoms with Crippen molar-refractivity contribution in [3.63, 3.8) is 0 Å². The summed E-state index contributed by atoms with van der Waals surface area (Å²) in [4.78, 5) is 0. The number of benzene rings is 2. The van der Waals surface area contributed by atoms with E-state index in [9.17, 15) is 4.39 Å². The number of halogens is 1. The van der Waals surface area contributed by atoms with Crippen LogP contribution in [-0.4, -0.2) is 15.7 Å². The number of aromatic nitrogens is 1. The molecule has 2 aliphatic heterocycles. The molecule has 2 aliphatic rings. The zero-order valence-electron chi connectivity index (χ0n) is 14.3. The summed E-state index contributed by atoms with van der Waals surface area (Å²) in [5.74, 6) is 1.46. The van der Waals surface area contributed by atoms with E-state index >= 15 is 0 Å². The summed E-state index contributed by atoms with van der Waals surface area (Å²) in [5.41, 5.74) is 3.18. The largest absolute Gasteiger partial charge is 0.360 e. The molecule has 2 saturated heterocycles. The third-order valence-electron chi connectivity index (χ3n) is 5.72. The van der Waals surface area contributed by atoms with Gasteiger partial charge in [0, 0.05) is 28.0 Å². The fourth-order valence-electron chi connectivity index (χ4n) is 4.49. The summed E-state index contributed by atoms with van der Waals surface area (Å²) in [7, 11) is 0. The summed E-state index contributed by atoms with van der Waals surface area (Å²) < 4.78 is 19.2. The van der Waals surface area contributed by atoms with Gasteiger partial charge in [0.25, 0.3) is 0 Å². The minimum absolute atomic E-state index is 0.176. The van der Waals surface area contributed by atoms with Gasteiger partial charge in [-0.2, -0.15) is 11.8 Å². The zero-order valence-corrected chi connectivity index (χ0v) is 15.2. The molecule has 2 nitrogen and oxygen atoms in total. The molecular formula is C22H20FNOS. The van der Waals surface area contributed by atoms with Crippen molar-refractivity contribution in [2.75, 3.05) is 0 Å². The van der Waals surface area contributed by atoms with Crippen molar-refractivity contribution < 1.29 is 8.91 Å². The molecule has 0 aliphatic carbocycles. The van der Waals surface area contributed by atoms with Crippen LogP contribution < -0.4 is 0 Å². The van der Waals surface area contributed by atoms with Crippen molar-refractivity contribution in [3.05, 3.63) is 77.8 Å². The number of thioether (sulfide) groups is 1. The van der Waals surface area contributed by atoms with E-state index in [2.05, 4.69) is 35.1 Å². The topological polar surface area (TPSA) is 26.0 Å². The predicted molar refractivity (Wildman–Crippen MR) is 103 cm³/mol. The van der Waals surface area contributed by atoms with Gasteiger partial charge in [-0.1, -0.05) is 47.6 Å². The quantitative estimate of drug-likeness (QED) is 0.568. The van der Waals surface area contributed by atoms with E-state index in [4.69, 9.17) is 4.52 Å². The normalized spacial score (nSPS) is 27.6. The van der Waals surface area contributed by atoms with Crippen LogP contribution in [0.1, 0.15) is 42.4 Å². The lowest BCUT2D eigenvalue weighted by Crippen LogP contribution is -2.26. The molecule has 0 radical (unpaired) electrons. The van der Waals surface area contributed by atoms with Gasteiger partial charge >= 0.3 is 0 Å². The second-order valence-corrected chi connectivity index (χ2v) is 8.82. The van der Waals surface area contributed by atoms with E-state index in [-0.39, 0.29) is 5.82 Å². The van der Waals surface area contributed by atoms with E-state index in [1.165, 1.54) is 18.4 Å². The lowest BCUT2D eigenvalue weighted by molar-refractivity contribution is 0.334. The molecule has 0 N–H and O–H groups in total. The Balaban J connectivity index is 1.52. The van der Waals surface area contributed by atoms with Crippen molar-refractivity contribution >= 4 is 11.8 Å². The summed E-state index contributed by atoms with van der Waals surface area (Å²) in [6.07, 6.45) is 3.61. The average molecular weight is 365 g/mol. The van der Waals surface area contributed by atoms with Gasteiger partial charge in [0.2, 0.25) is 0 Å². The lowest BCUT2D eigenvalue weighted by atomic mass is 9.80. The summed E-state index contributed by atoms with van der Waals surface area (Å²) in [5, 5.41) is 5.61. The molecule has 4 atom stereocenters. The molecular weight excluding hydrogens is 345 g/mol. The van der Waals surface area contributed by atoms with Crippen LogP contribution in [-0.2, 0) is 0 Å². The highest BCUT2D eigenvalue weighted by Crippen LogP contribution is 2.56. The molecule has 2 fully saturated rings. The molecule has 5 rings (SSSR count). The second kappa shape index (κ2) is 6.58. The minimum atomic E-state index is -0.176. The highest BCUT2D eigenvalue weighted by molar-refractivity contribution is 8.00. The van der Waals surface area contributed by atoms with Gasteiger partial charge < -0.3 is 4.52 Å². The Kier molecular flexibility index (Phi) is 4.08. The number of fused-ring (bicyclic) bond motifs is 2. The Bertz CT molecular complexity index is 892. The zero-order chi connectivity index (χ0) is 17.5. The maximum atomic E-state index is 13.4. The molecule has 0 amide bonds. The fourth-order valence-corrected chi connectivity index (χ4v) is 6.34. The number of hydrogen-bond acceptors (Lipinski definition) is 3. The maximum Gasteiger partial charge on any atom is 0.142 e. The van der Waals surface area contributed by atoms with Gasteiger partial charge in [-0.05, 0) is 42.9 Å². The Morgan fingerprint density at radius 2 is 1.81 bits per heavy atom. The lowest BCUT2D eigenvalue weighted by Gasteiger charge is -2.35. The fraction of sp³-hybridized carbons (Fsp3) is 0.318. The van der Waals surface area contributed by atoms with Crippen LogP contribution in [0.4, 0.5) is 4.39 Å². The van der Waals surface area contributed by atoms with Crippen molar-refractivity contribution in [2.45, 2.75) is 41.6 Å². The van der Waals surface area contributed by atoms with Crippen LogP contribution >= 0.6 is 11.8 Å². The first-order chi connectivity index (χ1) is 12.8. The van der Waals surface area contributed by atoms with Crippen LogP contribution in [0.15, 0.2) is 65.2 Å². The molecule has 2 aromatic carbocycles. The molecule has 2 bridgehead atoms. The first kappa shape index (κ1) is 16.1. The van der Waals surface area contributed by atoms with E-state index in [0.29, 0.717) is 22.3 Å². The van der Waals surface area contributed by atoms with Gasteiger partial charge in [0.1, 0.15) is 17.3 Å². The SMILES string of the molecule is Fc1ccc([C@H]2CC3CCC(S3)C2c2cc(-c3ccccc3)no2)cc1. The summed E-state index contributed by atoms with van der Waals surface area (Å²) >= 11 is 2.10. The van der Waals surface area contributed by atoms with Crippen LogP contribution in [0, 0.1) is 5.82 Å². The third-order valence-corrected chi connectivity index (χ3v) is 7.41. The number of hydrogen-bond donors (Lipinski definition) is 0. The van der Waals surface area contributed by atoms with E-state index in [1.807, 2.05) is 30.3 Å². The van der Waals surface area contributed by atoms with Crippen LogP contribution in [0.2, 0.25) is 0 Å². The second-order valence-electron chi connectivity index (χ2n) is 7.27. The van der Waals surface area contributed by atoms with Gasteiger partial charge in [0.15, 0.2) is 0 Å². The Morgan fingerprint density at radius 1 is 1.00 bits per heavy atom. The van der Waals surface area contributed by atoms with Crippen molar-refractivity contribution in [3.8, 4) is 11.3 Å². The van der Waals surface area contributed by atoms with Crippen molar-refractivity contribution in [2.24, 2.45) is 0 Å². The van der Waals surface area contributed by atoms with Gasteiger partial charge in [-0.25, -0.2) is 4.39 Å². The van der Waals surface area contributed by atoms with Crippen molar-refractivity contribution in [1.29, 1.82) is 0 Å².